The first kappa shape index (κ1) is 15.3. The van der Waals surface area contributed by atoms with Crippen molar-refractivity contribution >= 4 is 6.09 Å². The molecule has 2 N–H and O–H groups in total. The summed E-state index contributed by atoms with van der Waals surface area (Å²) in [6, 6.07) is -0.0776. The van der Waals surface area contributed by atoms with Gasteiger partial charge in [0.05, 0.1) is 5.92 Å². The molecule has 1 saturated carbocycles. The molecule has 0 radical (unpaired) electrons. The van der Waals surface area contributed by atoms with Crippen molar-refractivity contribution in [1.29, 1.82) is 0 Å². The minimum atomic E-state index is -0.504. The van der Waals surface area contributed by atoms with Crippen LogP contribution in [0.4, 0.5) is 4.79 Å². The predicted octanol–water partition coefficient (Wildman–Crippen LogP) is 2.00. The van der Waals surface area contributed by atoms with Gasteiger partial charge in [-0.05, 0) is 40.0 Å². The quantitative estimate of drug-likeness (QED) is 0.898. The van der Waals surface area contributed by atoms with Crippen molar-refractivity contribution in [1.82, 2.24) is 15.0 Å². The summed E-state index contributed by atoms with van der Waals surface area (Å²) < 4.78 is 10.8. The van der Waals surface area contributed by atoms with Crippen LogP contribution in [-0.2, 0) is 4.74 Å². The van der Waals surface area contributed by atoms with Crippen LogP contribution in [0.5, 0.6) is 0 Å². The lowest BCUT2D eigenvalue weighted by Gasteiger charge is -2.35. The lowest BCUT2D eigenvalue weighted by Crippen LogP contribution is -2.49. The number of hydrogen-bond donors (Lipinski definition) is 1. The third-order valence-corrected chi connectivity index (χ3v) is 4.04. The Bertz CT molecular complexity index is 547. The Labute approximate surface area is 130 Å². The van der Waals surface area contributed by atoms with Gasteiger partial charge in [0.1, 0.15) is 5.60 Å². The summed E-state index contributed by atoms with van der Waals surface area (Å²) in [5, 5.41) is 4.04. The van der Waals surface area contributed by atoms with Crippen molar-refractivity contribution in [3.05, 3.63) is 11.7 Å². The van der Waals surface area contributed by atoms with Gasteiger partial charge in [-0.3, -0.25) is 0 Å². The standard InChI is InChI=1S/C15H24N4O3/c1-15(2,3)21-14(20)19-7-6-11(16)10(8-19)13-17-12(18-22-13)9-4-5-9/h9-11H,4-8,16H2,1-3H3. The zero-order valence-electron chi connectivity index (χ0n) is 13.4. The molecule has 1 aliphatic heterocycles. The molecule has 1 aromatic heterocycles. The second-order valence-electron chi connectivity index (χ2n) is 7.25. The first-order chi connectivity index (χ1) is 10.3. The van der Waals surface area contributed by atoms with Crippen LogP contribution in [0.25, 0.3) is 0 Å². The van der Waals surface area contributed by atoms with E-state index in [0.29, 0.717) is 31.3 Å². The smallest absolute Gasteiger partial charge is 0.410 e. The van der Waals surface area contributed by atoms with Crippen LogP contribution in [0.15, 0.2) is 4.52 Å². The van der Waals surface area contributed by atoms with Gasteiger partial charge in [0.2, 0.25) is 5.89 Å². The van der Waals surface area contributed by atoms with Crippen LogP contribution in [0, 0.1) is 0 Å². The Kier molecular flexibility index (Phi) is 3.84. The van der Waals surface area contributed by atoms with Gasteiger partial charge in [-0.2, -0.15) is 4.98 Å². The van der Waals surface area contributed by atoms with Gasteiger partial charge < -0.3 is 19.9 Å². The van der Waals surface area contributed by atoms with Gasteiger partial charge in [0.25, 0.3) is 0 Å². The summed E-state index contributed by atoms with van der Waals surface area (Å²) in [5.41, 5.74) is 5.69. The lowest BCUT2D eigenvalue weighted by atomic mass is 9.93. The van der Waals surface area contributed by atoms with E-state index in [1.54, 1.807) is 4.90 Å². The predicted molar refractivity (Wildman–Crippen MR) is 79.4 cm³/mol. The number of aromatic nitrogens is 2. The van der Waals surface area contributed by atoms with Crippen molar-refractivity contribution in [3.8, 4) is 0 Å². The number of hydrogen-bond acceptors (Lipinski definition) is 6. The Hall–Kier alpha value is -1.63. The van der Waals surface area contributed by atoms with E-state index in [2.05, 4.69) is 10.1 Å². The number of piperidine rings is 1. The molecule has 122 valence electrons. The number of ether oxygens (including phenoxy) is 1. The molecule has 2 unspecified atom stereocenters. The SMILES string of the molecule is CC(C)(C)OC(=O)N1CCC(N)C(c2nc(C3CC3)no2)C1. The van der Waals surface area contributed by atoms with Crippen LogP contribution in [0.2, 0.25) is 0 Å². The van der Waals surface area contributed by atoms with Crippen molar-refractivity contribution in [3.63, 3.8) is 0 Å². The van der Waals surface area contributed by atoms with Gasteiger partial charge in [0.15, 0.2) is 5.82 Å². The number of likely N-dealkylation sites (tertiary alicyclic amines) is 1. The largest absolute Gasteiger partial charge is 0.444 e. The van der Waals surface area contributed by atoms with E-state index in [1.807, 2.05) is 20.8 Å². The van der Waals surface area contributed by atoms with E-state index in [0.717, 1.165) is 18.7 Å². The third kappa shape index (κ3) is 3.40. The number of nitrogens with zero attached hydrogens (tertiary/aromatic N) is 3. The molecule has 1 amide bonds. The average Bonchev–Trinajstić information content (AvgIpc) is 3.16. The molecule has 1 aliphatic carbocycles. The summed E-state index contributed by atoms with van der Waals surface area (Å²) in [5.74, 6) is 1.64. The van der Waals surface area contributed by atoms with Crippen LogP contribution < -0.4 is 5.73 Å². The molecule has 1 saturated heterocycles. The molecule has 2 heterocycles. The molecule has 0 bridgehead atoms. The maximum absolute atomic E-state index is 12.2. The molecule has 3 rings (SSSR count). The Morgan fingerprint density at radius 3 is 2.73 bits per heavy atom. The molecule has 2 fully saturated rings. The van der Waals surface area contributed by atoms with Crippen molar-refractivity contribution in [2.75, 3.05) is 13.1 Å². The fourth-order valence-electron chi connectivity index (χ4n) is 2.63. The normalized spacial score (nSPS) is 26.1. The van der Waals surface area contributed by atoms with E-state index in [9.17, 15) is 4.79 Å². The molecular weight excluding hydrogens is 284 g/mol. The average molecular weight is 308 g/mol. The van der Waals surface area contributed by atoms with E-state index < -0.39 is 5.60 Å². The highest BCUT2D eigenvalue weighted by Crippen LogP contribution is 2.39. The van der Waals surface area contributed by atoms with E-state index >= 15 is 0 Å². The Balaban J connectivity index is 1.68. The molecule has 0 spiro atoms. The molecule has 2 atom stereocenters. The lowest BCUT2D eigenvalue weighted by molar-refractivity contribution is 0.0175. The second kappa shape index (κ2) is 5.53. The topological polar surface area (TPSA) is 94.5 Å². The number of rotatable bonds is 2. The highest BCUT2D eigenvalue weighted by atomic mass is 16.6. The highest BCUT2D eigenvalue weighted by Gasteiger charge is 2.37. The van der Waals surface area contributed by atoms with Gasteiger partial charge in [-0.25, -0.2) is 4.79 Å². The minimum absolute atomic E-state index is 0.0776. The molecule has 0 aromatic carbocycles. The highest BCUT2D eigenvalue weighted by molar-refractivity contribution is 5.68. The monoisotopic (exact) mass is 308 g/mol. The summed E-state index contributed by atoms with van der Waals surface area (Å²) in [7, 11) is 0. The van der Waals surface area contributed by atoms with Crippen LogP contribution >= 0.6 is 0 Å². The van der Waals surface area contributed by atoms with Crippen molar-refractivity contribution in [2.24, 2.45) is 5.73 Å². The summed E-state index contributed by atoms with van der Waals surface area (Å²) in [6.45, 7) is 6.63. The zero-order chi connectivity index (χ0) is 15.9. The fourth-order valence-corrected chi connectivity index (χ4v) is 2.63. The first-order valence-corrected chi connectivity index (χ1v) is 7.90. The number of amides is 1. The van der Waals surface area contributed by atoms with E-state index in [1.165, 1.54) is 0 Å². The van der Waals surface area contributed by atoms with Crippen molar-refractivity contribution < 1.29 is 14.1 Å². The second-order valence-corrected chi connectivity index (χ2v) is 7.25. The number of nitrogens with two attached hydrogens (primary N) is 1. The maximum Gasteiger partial charge on any atom is 0.410 e. The van der Waals surface area contributed by atoms with Gasteiger partial charge in [-0.15, -0.1) is 0 Å². The fraction of sp³-hybridized carbons (Fsp3) is 0.800. The molecule has 22 heavy (non-hydrogen) atoms. The number of carbonyl (C=O) groups excluding carboxylic acids is 1. The molecule has 1 aromatic rings. The van der Waals surface area contributed by atoms with Gasteiger partial charge in [-0.1, -0.05) is 5.16 Å². The zero-order valence-corrected chi connectivity index (χ0v) is 13.4. The minimum Gasteiger partial charge on any atom is -0.444 e. The summed E-state index contributed by atoms with van der Waals surface area (Å²) in [6.07, 6.45) is 2.64. The van der Waals surface area contributed by atoms with Crippen LogP contribution in [0.1, 0.15) is 63.6 Å². The maximum atomic E-state index is 12.2. The van der Waals surface area contributed by atoms with E-state index in [-0.39, 0.29) is 18.1 Å². The first-order valence-electron chi connectivity index (χ1n) is 7.90. The van der Waals surface area contributed by atoms with Gasteiger partial charge in [0, 0.05) is 25.0 Å². The van der Waals surface area contributed by atoms with Crippen LogP contribution in [0.3, 0.4) is 0 Å². The Morgan fingerprint density at radius 2 is 2.09 bits per heavy atom. The molecule has 7 heteroatoms. The van der Waals surface area contributed by atoms with Gasteiger partial charge >= 0.3 is 6.09 Å². The van der Waals surface area contributed by atoms with Crippen LogP contribution in [-0.4, -0.2) is 45.9 Å². The number of carbonyl (C=O) groups is 1. The van der Waals surface area contributed by atoms with E-state index in [4.69, 9.17) is 15.0 Å². The van der Waals surface area contributed by atoms with Crippen molar-refractivity contribution in [2.45, 2.75) is 63.5 Å². The summed E-state index contributed by atoms with van der Waals surface area (Å²) in [4.78, 5) is 18.4. The molecular formula is C15H24N4O3. The Morgan fingerprint density at radius 1 is 1.36 bits per heavy atom. The molecule has 7 nitrogen and oxygen atoms in total. The molecule has 2 aliphatic rings. The summed E-state index contributed by atoms with van der Waals surface area (Å²) >= 11 is 0. The third-order valence-electron chi connectivity index (χ3n) is 4.04.